The standard InChI is InChI=1S/C10H11N5/c11-10-12-13-14-15(10)9-5-4-7-2-1-3-8(7)6-9/h4-6H,1-3H2,(H2,11,12,14). The lowest BCUT2D eigenvalue weighted by molar-refractivity contribution is 0.791. The average Bonchev–Trinajstić information content (AvgIpc) is 2.84. The second kappa shape index (κ2) is 3.05. The predicted octanol–water partition coefficient (Wildman–Crippen LogP) is 0.733. The van der Waals surface area contributed by atoms with Gasteiger partial charge in [0, 0.05) is 0 Å². The molecule has 0 aliphatic heterocycles. The fourth-order valence-electron chi connectivity index (χ4n) is 2.07. The average molecular weight is 201 g/mol. The molecule has 76 valence electrons. The SMILES string of the molecule is Nc1nnnn1-c1ccc2c(c1)CCC2. The number of nitrogen functional groups attached to an aromatic ring is 1. The van der Waals surface area contributed by atoms with Crippen molar-refractivity contribution >= 4 is 5.95 Å². The monoisotopic (exact) mass is 201 g/mol. The number of hydrogen-bond donors (Lipinski definition) is 1. The fraction of sp³-hybridized carbons (Fsp3) is 0.300. The van der Waals surface area contributed by atoms with Crippen LogP contribution in [-0.4, -0.2) is 20.2 Å². The smallest absolute Gasteiger partial charge is 0.245 e. The third-order valence-electron chi connectivity index (χ3n) is 2.82. The first-order chi connectivity index (χ1) is 7.34. The van der Waals surface area contributed by atoms with Crippen molar-refractivity contribution in [3.05, 3.63) is 29.3 Å². The zero-order valence-electron chi connectivity index (χ0n) is 8.22. The predicted molar refractivity (Wildman–Crippen MR) is 55.6 cm³/mol. The number of benzene rings is 1. The van der Waals surface area contributed by atoms with Gasteiger partial charge in [-0.25, -0.2) is 0 Å². The van der Waals surface area contributed by atoms with Crippen molar-refractivity contribution in [3.63, 3.8) is 0 Å². The molecule has 3 rings (SSSR count). The van der Waals surface area contributed by atoms with Crippen LogP contribution in [0.3, 0.4) is 0 Å². The molecule has 0 saturated carbocycles. The molecule has 5 nitrogen and oxygen atoms in total. The van der Waals surface area contributed by atoms with Crippen LogP contribution in [0.15, 0.2) is 18.2 Å². The summed E-state index contributed by atoms with van der Waals surface area (Å²) in [7, 11) is 0. The number of nitrogens with two attached hydrogens (primary N) is 1. The Morgan fingerprint density at radius 3 is 2.87 bits per heavy atom. The van der Waals surface area contributed by atoms with Gasteiger partial charge in [0.25, 0.3) is 0 Å². The van der Waals surface area contributed by atoms with Crippen LogP contribution >= 0.6 is 0 Å². The molecule has 0 spiro atoms. The van der Waals surface area contributed by atoms with Gasteiger partial charge in [0.1, 0.15) is 0 Å². The maximum absolute atomic E-state index is 5.64. The fourth-order valence-corrected chi connectivity index (χ4v) is 2.07. The molecule has 0 bridgehead atoms. The maximum atomic E-state index is 5.64. The molecular formula is C10H11N5. The Morgan fingerprint density at radius 2 is 2.07 bits per heavy atom. The minimum Gasteiger partial charge on any atom is -0.366 e. The molecular weight excluding hydrogens is 190 g/mol. The molecule has 0 atom stereocenters. The van der Waals surface area contributed by atoms with E-state index in [-0.39, 0.29) is 0 Å². The highest BCUT2D eigenvalue weighted by molar-refractivity contribution is 5.44. The minimum absolute atomic E-state index is 0.327. The summed E-state index contributed by atoms with van der Waals surface area (Å²) in [4.78, 5) is 0. The quantitative estimate of drug-likeness (QED) is 0.738. The van der Waals surface area contributed by atoms with Gasteiger partial charge in [0.2, 0.25) is 5.95 Å². The van der Waals surface area contributed by atoms with Crippen molar-refractivity contribution in [2.24, 2.45) is 0 Å². The number of anilines is 1. The molecule has 1 heterocycles. The molecule has 0 fully saturated rings. The van der Waals surface area contributed by atoms with Gasteiger partial charge in [-0.15, -0.1) is 0 Å². The Kier molecular flexibility index (Phi) is 1.71. The molecule has 1 aliphatic rings. The van der Waals surface area contributed by atoms with Crippen LogP contribution in [0.1, 0.15) is 17.5 Å². The van der Waals surface area contributed by atoms with Crippen LogP contribution in [0.25, 0.3) is 5.69 Å². The molecule has 2 N–H and O–H groups in total. The van der Waals surface area contributed by atoms with Crippen LogP contribution < -0.4 is 5.73 Å². The van der Waals surface area contributed by atoms with E-state index in [1.165, 1.54) is 24.0 Å². The molecule has 0 unspecified atom stereocenters. The van der Waals surface area contributed by atoms with Crippen LogP contribution in [-0.2, 0) is 12.8 Å². The van der Waals surface area contributed by atoms with Crippen molar-refractivity contribution in [3.8, 4) is 5.69 Å². The molecule has 0 saturated heterocycles. The molecule has 15 heavy (non-hydrogen) atoms. The van der Waals surface area contributed by atoms with E-state index in [0.717, 1.165) is 12.1 Å². The highest BCUT2D eigenvalue weighted by atomic mass is 15.6. The molecule has 1 aliphatic carbocycles. The zero-order chi connectivity index (χ0) is 10.3. The summed E-state index contributed by atoms with van der Waals surface area (Å²) in [5.74, 6) is 0.327. The second-order valence-electron chi connectivity index (χ2n) is 3.76. The third-order valence-corrected chi connectivity index (χ3v) is 2.82. The van der Waals surface area contributed by atoms with Crippen molar-refractivity contribution in [1.29, 1.82) is 0 Å². The van der Waals surface area contributed by atoms with E-state index < -0.39 is 0 Å². The van der Waals surface area contributed by atoms with Gasteiger partial charge in [0.15, 0.2) is 0 Å². The number of fused-ring (bicyclic) bond motifs is 1. The Hall–Kier alpha value is -1.91. The number of aromatic nitrogens is 4. The van der Waals surface area contributed by atoms with Crippen LogP contribution in [0.2, 0.25) is 0 Å². The number of aryl methyl sites for hydroxylation is 2. The van der Waals surface area contributed by atoms with Crippen molar-refractivity contribution < 1.29 is 0 Å². The first-order valence-electron chi connectivity index (χ1n) is 5.00. The van der Waals surface area contributed by atoms with Crippen LogP contribution in [0.4, 0.5) is 5.95 Å². The van der Waals surface area contributed by atoms with Gasteiger partial charge in [0.05, 0.1) is 5.69 Å². The summed E-state index contributed by atoms with van der Waals surface area (Å²) in [6.07, 6.45) is 3.57. The maximum Gasteiger partial charge on any atom is 0.245 e. The molecule has 5 heteroatoms. The molecule has 0 radical (unpaired) electrons. The lowest BCUT2D eigenvalue weighted by Gasteiger charge is -2.04. The Labute approximate surface area is 86.9 Å². The summed E-state index contributed by atoms with van der Waals surface area (Å²) >= 11 is 0. The second-order valence-corrected chi connectivity index (χ2v) is 3.76. The van der Waals surface area contributed by atoms with Crippen LogP contribution in [0.5, 0.6) is 0 Å². The number of nitrogens with zero attached hydrogens (tertiary/aromatic N) is 4. The number of tetrazole rings is 1. The third kappa shape index (κ3) is 1.27. The molecule has 0 amide bonds. The summed E-state index contributed by atoms with van der Waals surface area (Å²) in [6, 6.07) is 6.27. The summed E-state index contributed by atoms with van der Waals surface area (Å²) in [5, 5.41) is 11.0. The highest BCUT2D eigenvalue weighted by Gasteiger charge is 2.12. The van der Waals surface area contributed by atoms with E-state index in [2.05, 4.69) is 27.7 Å². The van der Waals surface area contributed by atoms with Gasteiger partial charge in [-0.05, 0) is 52.9 Å². The van der Waals surface area contributed by atoms with E-state index >= 15 is 0 Å². The summed E-state index contributed by atoms with van der Waals surface area (Å²) < 4.78 is 1.55. The molecule has 2 aromatic rings. The van der Waals surface area contributed by atoms with Gasteiger partial charge < -0.3 is 5.73 Å². The summed E-state index contributed by atoms with van der Waals surface area (Å²) in [6.45, 7) is 0. The molecule has 1 aromatic heterocycles. The Morgan fingerprint density at radius 1 is 1.20 bits per heavy atom. The topological polar surface area (TPSA) is 69.6 Å². The molecule has 1 aromatic carbocycles. The van der Waals surface area contributed by atoms with Gasteiger partial charge in [-0.2, -0.15) is 4.68 Å². The van der Waals surface area contributed by atoms with E-state index in [0.29, 0.717) is 5.95 Å². The van der Waals surface area contributed by atoms with Crippen LogP contribution in [0, 0.1) is 0 Å². The van der Waals surface area contributed by atoms with Gasteiger partial charge in [-0.1, -0.05) is 11.2 Å². The minimum atomic E-state index is 0.327. The van der Waals surface area contributed by atoms with E-state index in [4.69, 9.17) is 5.73 Å². The lowest BCUT2D eigenvalue weighted by Crippen LogP contribution is -2.03. The van der Waals surface area contributed by atoms with Crippen molar-refractivity contribution in [1.82, 2.24) is 20.2 Å². The number of rotatable bonds is 1. The Bertz CT molecular complexity index is 502. The zero-order valence-corrected chi connectivity index (χ0v) is 8.22. The summed E-state index contributed by atoms with van der Waals surface area (Å²) in [5.41, 5.74) is 9.41. The highest BCUT2D eigenvalue weighted by Crippen LogP contribution is 2.24. The van der Waals surface area contributed by atoms with E-state index in [1.807, 2.05) is 6.07 Å². The largest absolute Gasteiger partial charge is 0.366 e. The first-order valence-corrected chi connectivity index (χ1v) is 5.00. The normalized spacial score (nSPS) is 14.1. The van der Waals surface area contributed by atoms with Crippen molar-refractivity contribution in [2.75, 3.05) is 5.73 Å². The van der Waals surface area contributed by atoms with Crippen molar-refractivity contribution in [2.45, 2.75) is 19.3 Å². The first kappa shape index (κ1) is 8.40. The van der Waals surface area contributed by atoms with Gasteiger partial charge in [-0.3, -0.25) is 0 Å². The number of hydrogen-bond acceptors (Lipinski definition) is 4. The Balaban J connectivity index is 2.11. The lowest BCUT2D eigenvalue weighted by atomic mass is 10.1. The van der Waals surface area contributed by atoms with E-state index in [9.17, 15) is 0 Å². The van der Waals surface area contributed by atoms with E-state index in [1.54, 1.807) is 4.68 Å². The van der Waals surface area contributed by atoms with Gasteiger partial charge >= 0.3 is 0 Å².